The standard InChI is InChI=1S/C12H18N6S/c1-12(2,3)14-8-9-5-6-10(13-7-9)19-11-15-16-17-18(11)4/h5-7,14H,8H2,1-4H3. The summed E-state index contributed by atoms with van der Waals surface area (Å²) in [6.45, 7) is 7.25. The van der Waals surface area contributed by atoms with Crippen LogP contribution in [0.2, 0.25) is 0 Å². The molecule has 0 aliphatic heterocycles. The van der Waals surface area contributed by atoms with Crippen LogP contribution in [0.1, 0.15) is 26.3 Å². The molecular weight excluding hydrogens is 260 g/mol. The normalized spacial score (nSPS) is 11.8. The second-order valence-electron chi connectivity index (χ2n) is 5.30. The van der Waals surface area contributed by atoms with E-state index in [1.807, 2.05) is 19.3 Å². The van der Waals surface area contributed by atoms with Gasteiger partial charge in [0.2, 0.25) is 5.16 Å². The molecule has 19 heavy (non-hydrogen) atoms. The second kappa shape index (κ2) is 5.66. The highest BCUT2D eigenvalue weighted by atomic mass is 32.2. The molecule has 0 spiro atoms. The Bertz CT molecular complexity index is 528. The average molecular weight is 278 g/mol. The Hall–Kier alpha value is -1.47. The van der Waals surface area contributed by atoms with E-state index >= 15 is 0 Å². The summed E-state index contributed by atoms with van der Waals surface area (Å²) in [4.78, 5) is 4.41. The maximum Gasteiger partial charge on any atom is 0.215 e. The molecule has 0 aliphatic carbocycles. The third-order valence-electron chi connectivity index (χ3n) is 2.40. The number of tetrazole rings is 1. The molecule has 7 heteroatoms. The Labute approximate surface area is 117 Å². The zero-order valence-electron chi connectivity index (χ0n) is 11.6. The Kier molecular flexibility index (Phi) is 4.16. The molecule has 0 unspecified atom stereocenters. The van der Waals surface area contributed by atoms with Gasteiger partial charge in [0.15, 0.2) is 0 Å². The van der Waals surface area contributed by atoms with Crippen LogP contribution in [0.25, 0.3) is 0 Å². The minimum absolute atomic E-state index is 0.109. The van der Waals surface area contributed by atoms with E-state index < -0.39 is 0 Å². The van der Waals surface area contributed by atoms with Crippen LogP contribution in [-0.4, -0.2) is 30.7 Å². The fourth-order valence-electron chi connectivity index (χ4n) is 1.34. The molecular formula is C12H18N6S. The number of hydrogen-bond acceptors (Lipinski definition) is 6. The first-order chi connectivity index (χ1) is 8.94. The summed E-state index contributed by atoms with van der Waals surface area (Å²) < 4.78 is 1.63. The van der Waals surface area contributed by atoms with E-state index in [4.69, 9.17) is 0 Å². The Morgan fingerprint density at radius 2 is 2.11 bits per heavy atom. The van der Waals surface area contributed by atoms with Crippen molar-refractivity contribution in [1.82, 2.24) is 30.5 Å². The largest absolute Gasteiger partial charge is 0.308 e. The van der Waals surface area contributed by atoms with Crippen molar-refractivity contribution < 1.29 is 0 Å². The predicted octanol–water partition coefficient (Wildman–Crippen LogP) is 1.64. The minimum atomic E-state index is 0.109. The van der Waals surface area contributed by atoms with Gasteiger partial charge in [-0.1, -0.05) is 6.07 Å². The zero-order valence-corrected chi connectivity index (χ0v) is 12.4. The van der Waals surface area contributed by atoms with Gasteiger partial charge in [-0.2, -0.15) is 0 Å². The highest BCUT2D eigenvalue weighted by Gasteiger charge is 2.09. The highest BCUT2D eigenvalue weighted by molar-refractivity contribution is 7.99. The van der Waals surface area contributed by atoms with E-state index in [9.17, 15) is 0 Å². The number of nitrogens with zero attached hydrogens (tertiary/aromatic N) is 5. The van der Waals surface area contributed by atoms with E-state index in [1.54, 1.807) is 4.68 Å². The fourth-order valence-corrected chi connectivity index (χ4v) is 2.02. The Morgan fingerprint density at radius 1 is 1.32 bits per heavy atom. The lowest BCUT2D eigenvalue weighted by Crippen LogP contribution is -2.35. The third kappa shape index (κ3) is 4.29. The van der Waals surface area contributed by atoms with Crippen molar-refractivity contribution in [3.05, 3.63) is 23.9 Å². The highest BCUT2D eigenvalue weighted by Crippen LogP contribution is 2.22. The molecule has 0 amide bonds. The van der Waals surface area contributed by atoms with Crippen LogP contribution in [0.3, 0.4) is 0 Å². The molecule has 1 N–H and O–H groups in total. The van der Waals surface area contributed by atoms with Crippen molar-refractivity contribution in [2.75, 3.05) is 0 Å². The Balaban J connectivity index is 1.97. The minimum Gasteiger partial charge on any atom is -0.308 e. The molecule has 0 radical (unpaired) electrons. The van der Waals surface area contributed by atoms with E-state index in [1.165, 1.54) is 11.8 Å². The molecule has 0 aromatic carbocycles. The summed E-state index contributed by atoms with van der Waals surface area (Å²) in [5, 5.41) is 16.3. The summed E-state index contributed by atoms with van der Waals surface area (Å²) in [6.07, 6.45) is 1.88. The van der Waals surface area contributed by atoms with Crippen LogP contribution >= 0.6 is 11.8 Å². The van der Waals surface area contributed by atoms with Gasteiger partial charge in [0, 0.05) is 25.3 Å². The smallest absolute Gasteiger partial charge is 0.215 e. The maximum atomic E-state index is 4.41. The number of rotatable bonds is 4. The van der Waals surface area contributed by atoms with Gasteiger partial charge >= 0.3 is 0 Å². The van der Waals surface area contributed by atoms with Gasteiger partial charge in [0.25, 0.3) is 0 Å². The van der Waals surface area contributed by atoms with Crippen LogP contribution in [0.4, 0.5) is 0 Å². The summed E-state index contributed by atoms with van der Waals surface area (Å²) in [5.74, 6) is 0. The predicted molar refractivity (Wildman–Crippen MR) is 73.8 cm³/mol. The van der Waals surface area contributed by atoms with Crippen molar-refractivity contribution in [2.24, 2.45) is 7.05 Å². The van der Waals surface area contributed by atoms with Gasteiger partial charge < -0.3 is 5.32 Å². The lowest BCUT2D eigenvalue weighted by Gasteiger charge is -2.20. The first-order valence-electron chi connectivity index (χ1n) is 6.04. The van der Waals surface area contributed by atoms with Crippen LogP contribution in [0.5, 0.6) is 0 Å². The molecule has 0 aliphatic rings. The third-order valence-corrected chi connectivity index (χ3v) is 3.38. The number of nitrogens with one attached hydrogen (secondary N) is 1. The summed E-state index contributed by atoms with van der Waals surface area (Å²) in [6, 6.07) is 4.05. The molecule has 0 atom stereocenters. The van der Waals surface area contributed by atoms with Crippen molar-refractivity contribution >= 4 is 11.8 Å². The monoisotopic (exact) mass is 278 g/mol. The van der Waals surface area contributed by atoms with Crippen LogP contribution < -0.4 is 5.32 Å². The fraction of sp³-hybridized carbons (Fsp3) is 0.500. The van der Waals surface area contributed by atoms with E-state index in [2.05, 4.69) is 52.7 Å². The number of pyridine rings is 1. The summed E-state index contributed by atoms with van der Waals surface area (Å²) >= 11 is 1.45. The SMILES string of the molecule is Cn1nnnc1Sc1ccc(CNC(C)(C)C)cn1. The molecule has 2 aromatic heterocycles. The molecule has 0 bridgehead atoms. The summed E-state index contributed by atoms with van der Waals surface area (Å²) in [5.41, 5.74) is 1.27. The topological polar surface area (TPSA) is 68.5 Å². The van der Waals surface area contributed by atoms with E-state index in [0.717, 1.165) is 22.3 Å². The van der Waals surface area contributed by atoms with Crippen molar-refractivity contribution in [3.63, 3.8) is 0 Å². The number of aromatic nitrogens is 5. The van der Waals surface area contributed by atoms with Crippen molar-refractivity contribution in [1.29, 1.82) is 0 Å². The lowest BCUT2D eigenvalue weighted by atomic mass is 10.1. The average Bonchev–Trinajstić information content (AvgIpc) is 2.73. The first kappa shape index (κ1) is 14.0. The molecule has 102 valence electrons. The van der Waals surface area contributed by atoms with Crippen molar-refractivity contribution in [2.45, 2.75) is 43.0 Å². The molecule has 2 rings (SSSR count). The van der Waals surface area contributed by atoms with Gasteiger partial charge in [-0.15, -0.1) is 5.10 Å². The van der Waals surface area contributed by atoms with Crippen LogP contribution in [0, 0.1) is 0 Å². The number of aryl methyl sites for hydroxylation is 1. The molecule has 0 saturated carbocycles. The van der Waals surface area contributed by atoms with Gasteiger partial charge in [-0.25, -0.2) is 9.67 Å². The first-order valence-corrected chi connectivity index (χ1v) is 6.86. The van der Waals surface area contributed by atoms with Crippen LogP contribution in [0.15, 0.2) is 28.5 Å². The Morgan fingerprint density at radius 3 is 2.63 bits per heavy atom. The van der Waals surface area contributed by atoms with Gasteiger partial charge in [0.05, 0.1) is 0 Å². The van der Waals surface area contributed by atoms with E-state index in [-0.39, 0.29) is 5.54 Å². The van der Waals surface area contributed by atoms with Gasteiger partial charge in [-0.05, 0) is 54.6 Å². The molecule has 2 aromatic rings. The number of hydrogen-bond donors (Lipinski definition) is 1. The van der Waals surface area contributed by atoms with Crippen LogP contribution in [-0.2, 0) is 13.6 Å². The van der Waals surface area contributed by atoms with E-state index in [0.29, 0.717) is 0 Å². The molecule has 2 heterocycles. The lowest BCUT2D eigenvalue weighted by molar-refractivity contribution is 0.424. The van der Waals surface area contributed by atoms with Gasteiger partial charge in [0.1, 0.15) is 5.03 Å². The second-order valence-corrected chi connectivity index (χ2v) is 6.28. The molecule has 0 saturated heterocycles. The zero-order chi connectivity index (χ0) is 13.9. The molecule has 6 nitrogen and oxygen atoms in total. The summed E-state index contributed by atoms with van der Waals surface area (Å²) in [7, 11) is 1.81. The maximum absolute atomic E-state index is 4.41. The molecule has 0 fully saturated rings. The van der Waals surface area contributed by atoms with Gasteiger partial charge in [-0.3, -0.25) is 0 Å². The quantitative estimate of drug-likeness (QED) is 0.917. The van der Waals surface area contributed by atoms with Crippen molar-refractivity contribution in [3.8, 4) is 0 Å².